The van der Waals surface area contributed by atoms with Crippen LogP contribution in [0, 0.1) is 0 Å². The summed E-state index contributed by atoms with van der Waals surface area (Å²) < 4.78 is 26.1. The van der Waals surface area contributed by atoms with Crippen LogP contribution < -0.4 is 5.32 Å². The Kier molecular flexibility index (Phi) is 5.49. The molecule has 0 aliphatic carbocycles. The molecule has 0 bridgehead atoms. The zero-order valence-corrected chi connectivity index (χ0v) is 19.9. The highest BCUT2D eigenvalue weighted by molar-refractivity contribution is 7.90. The number of rotatable bonds is 6. The molecule has 3 aromatic heterocycles. The first kappa shape index (κ1) is 22.0. The van der Waals surface area contributed by atoms with Crippen molar-refractivity contribution in [3.05, 3.63) is 78.0 Å². The lowest BCUT2D eigenvalue weighted by Gasteiger charge is -2.13. The Morgan fingerprint density at radius 2 is 1.71 bits per heavy atom. The van der Waals surface area contributed by atoms with E-state index in [4.69, 9.17) is 4.98 Å². The molecule has 172 valence electrons. The molecule has 0 aliphatic rings. The SMILES string of the molecule is CC(C)c1cnn2c(NCc3ccccc3-c3ccc4ccccc4n3)nc(S(C)(=O)=O)nc12. The summed E-state index contributed by atoms with van der Waals surface area (Å²) in [5, 5.41) is 8.54. The molecule has 0 saturated heterocycles. The van der Waals surface area contributed by atoms with E-state index in [1.807, 2.05) is 68.4 Å². The molecule has 0 fully saturated rings. The largest absolute Gasteiger partial charge is 0.350 e. The molecule has 1 N–H and O–H groups in total. The maximum Gasteiger partial charge on any atom is 0.252 e. The number of aromatic nitrogens is 5. The molecule has 9 heteroatoms. The number of pyridine rings is 1. The number of nitrogens with one attached hydrogen (secondary N) is 1. The van der Waals surface area contributed by atoms with Gasteiger partial charge in [0.1, 0.15) is 0 Å². The van der Waals surface area contributed by atoms with E-state index >= 15 is 0 Å². The first-order valence-electron chi connectivity index (χ1n) is 10.9. The smallest absolute Gasteiger partial charge is 0.252 e. The summed E-state index contributed by atoms with van der Waals surface area (Å²) in [6.45, 7) is 4.43. The minimum atomic E-state index is -3.61. The van der Waals surface area contributed by atoms with E-state index in [1.54, 1.807) is 10.7 Å². The zero-order chi connectivity index (χ0) is 23.9. The first-order chi connectivity index (χ1) is 16.3. The van der Waals surface area contributed by atoms with Crippen LogP contribution in [0.4, 0.5) is 5.95 Å². The van der Waals surface area contributed by atoms with Crippen molar-refractivity contribution in [1.82, 2.24) is 24.6 Å². The van der Waals surface area contributed by atoms with Gasteiger partial charge in [-0.05, 0) is 23.6 Å². The topological polar surface area (TPSA) is 102 Å². The normalized spacial score (nSPS) is 12.0. The lowest BCUT2D eigenvalue weighted by molar-refractivity contribution is 0.592. The Bertz CT molecular complexity index is 1630. The zero-order valence-electron chi connectivity index (χ0n) is 19.1. The summed E-state index contributed by atoms with van der Waals surface area (Å²) in [5.74, 6) is 0.450. The fourth-order valence-electron chi connectivity index (χ4n) is 3.88. The number of anilines is 1. The molecule has 0 saturated carbocycles. The molecule has 34 heavy (non-hydrogen) atoms. The molecule has 0 aliphatic heterocycles. The van der Waals surface area contributed by atoms with Crippen molar-refractivity contribution in [2.24, 2.45) is 0 Å². The third kappa shape index (κ3) is 4.10. The third-order valence-electron chi connectivity index (χ3n) is 5.66. The molecule has 0 amide bonds. The van der Waals surface area contributed by atoms with Crippen molar-refractivity contribution in [3.8, 4) is 11.3 Å². The molecule has 0 spiro atoms. The van der Waals surface area contributed by atoms with Crippen LogP contribution in [0.2, 0.25) is 0 Å². The van der Waals surface area contributed by atoms with Crippen LogP contribution in [0.15, 0.2) is 72.0 Å². The van der Waals surface area contributed by atoms with E-state index in [-0.39, 0.29) is 11.1 Å². The minimum Gasteiger partial charge on any atom is -0.350 e. The fourth-order valence-corrected chi connectivity index (χ4v) is 4.38. The summed E-state index contributed by atoms with van der Waals surface area (Å²) >= 11 is 0. The van der Waals surface area contributed by atoms with Crippen LogP contribution in [0.25, 0.3) is 27.8 Å². The van der Waals surface area contributed by atoms with Gasteiger partial charge in [0.05, 0.1) is 17.4 Å². The van der Waals surface area contributed by atoms with Gasteiger partial charge in [0.25, 0.3) is 5.16 Å². The second-order valence-corrected chi connectivity index (χ2v) is 10.4. The lowest BCUT2D eigenvalue weighted by atomic mass is 10.0. The molecular weight excluding hydrogens is 448 g/mol. The predicted molar refractivity (Wildman–Crippen MR) is 132 cm³/mol. The minimum absolute atomic E-state index is 0.132. The van der Waals surface area contributed by atoms with E-state index in [0.29, 0.717) is 18.1 Å². The Morgan fingerprint density at radius 3 is 2.50 bits per heavy atom. The number of benzene rings is 2. The van der Waals surface area contributed by atoms with E-state index in [1.165, 1.54) is 0 Å². The summed E-state index contributed by atoms with van der Waals surface area (Å²) in [5.41, 5.74) is 5.11. The quantitative estimate of drug-likeness (QED) is 0.389. The van der Waals surface area contributed by atoms with Gasteiger partial charge in [-0.15, -0.1) is 0 Å². The standard InChI is InChI=1S/C25H24N6O2S/c1-16(2)20-15-27-31-23(20)29-25(34(3,32)33)30-24(31)26-14-18-9-4-6-10-19(18)22-13-12-17-8-5-7-11-21(17)28-22/h4-13,15-16H,14H2,1-3H3,(H,26,29,30). The highest BCUT2D eigenvalue weighted by Gasteiger charge is 2.20. The van der Waals surface area contributed by atoms with Crippen LogP contribution in [0.1, 0.15) is 30.9 Å². The summed E-state index contributed by atoms with van der Waals surface area (Å²) in [6, 6.07) is 20.0. The first-order valence-corrected chi connectivity index (χ1v) is 12.8. The van der Waals surface area contributed by atoms with Crippen molar-refractivity contribution in [2.75, 3.05) is 11.6 Å². The van der Waals surface area contributed by atoms with Crippen LogP contribution in [0.5, 0.6) is 0 Å². The van der Waals surface area contributed by atoms with Crippen LogP contribution >= 0.6 is 0 Å². The molecule has 5 rings (SSSR count). The number of hydrogen-bond acceptors (Lipinski definition) is 7. The molecule has 2 aromatic carbocycles. The van der Waals surface area contributed by atoms with E-state index in [9.17, 15) is 8.42 Å². The highest BCUT2D eigenvalue weighted by Crippen LogP contribution is 2.26. The molecule has 0 radical (unpaired) electrons. The summed E-state index contributed by atoms with van der Waals surface area (Å²) in [4.78, 5) is 13.4. The molecular formula is C25H24N6O2S. The number of fused-ring (bicyclic) bond motifs is 2. The predicted octanol–water partition coefficient (Wildman–Crippen LogP) is 4.48. The highest BCUT2D eigenvalue weighted by atomic mass is 32.2. The van der Waals surface area contributed by atoms with Gasteiger partial charge in [-0.1, -0.05) is 62.4 Å². The van der Waals surface area contributed by atoms with Crippen molar-refractivity contribution >= 4 is 32.3 Å². The van der Waals surface area contributed by atoms with Gasteiger partial charge < -0.3 is 5.32 Å². The second kappa shape index (κ2) is 8.49. The lowest BCUT2D eigenvalue weighted by Crippen LogP contribution is -2.14. The van der Waals surface area contributed by atoms with Gasteiger partial charge in [-0.3, -0.25) is 0 Å². The molecule has 0 atom stereocenters. The van der Waals surface area contributed by atoms with E-state index < -0.39 is 9.84 Å². The van der Waals surface area contributed by atoms with Gasteiger partial charge in [0.15, 0.2) is 5.65 Å². The summed E-state index contributed by atoms with van der Waals surface area (Å²) in [7, 11) is -3.61. The molecule has 5 aromatic rings. The number of hydrogen-bond donors (Lipinski definition) is 1. The van der Waals surface area contributed by atoms with Crippen molar-refractivity contribution < 1.29 is 8.42 Å². The van der Waals surface area contributed by atoms with Gasteiger partial charge >= 0.3 is 0 Å². The third-order valence-corrected chi connectivity index (χ3v) is 6.50. The fraction of sp³-hybridized carbons (Fsp3) is 0.200. The van der Waals surface area contributed by atoms with Gasteiger partial charge in [-0.25, -0.2) is 13.4 Å². The van der Waals surface area contributed by atoms with Gasteiger partial charge in [0, 0.05) is 29.3 Å². The van der Waals surface area contributed by atoms with Crippen molar-refractivity contribution in [1.29, 1.82) is 0 Å². The molecule has 8 nitrogen and oxygen atoms in total. The maximum atomic E-state index is 12.3. The van der Waals surface area contributed by atoms with E-state index in [2.05, 4.69) is 26.4 Å². The van der Waals surface area contributed by atoms with Crippen molar-refractivity contribution in [2.45, 2.75) is 31.5 Å². The Labute approximate surface area is 197 Å². The van der Waals surface area contributed by atoms with Crippen molar-refractivity contribution in [3.63, 3.8) is 0 Å². The Morgan fingerprint density at radius 1 is 0.941 bits per heavy atom. The van der Waals surface area contributed by atoms with Crippen LogP contribution in [0.3, 0.4) is 0 Å². The average molecular weight is 473 g/mol. The monoisotopic (exact) mass is 472 g/mol. The molecule has 0 unspecified atom stereocenters. The van der Waals surface area contributed by atoms with Gasteiger partial charge in [0.2, 0.25) is 15.8 Å². The summed E-state index contributed by atoms with van der Waals surface area (Å²) in [6.07, 6.45) is 2.81. The Balaban J connectivity index is 1.54. The van der Waals surface area contributed by atoms with Gasteiger partial charge in [-0.2, -0.15) is 19.6 Å². The maximum absolute atomic E-state index is 12.3. The second-order valence-electron chi connectivity index (χ2n) is 8.49. The Hall–Kier alpha value is -3.85. The number of nitrogens with zero attached hydrogens (tertiary/aromatic N) is 5. The van der Waals surface area contributed by atoms with Crippen LogP contribution in [-0.4, -0.2) is 39.2 Å². The number of para-hydroxylation sites is 1. The van der Waals surface area contributed by atoms with E-state index in [0.717, 1.165) is 39.5 Å². The molecule has 3 heterocycles. The van der Waals surface area contributed by atoms with Crippen LogP contribution in [-0.2, 0) is 16.4 Å². The average Bonchev–Trinajstić information content (AvgIpc) is 3.26. The number of sulfone groups is 1.